The number of carbonyl (C=O) groups is 1. The first-order valence-corrected chi connectivity index (χ1v) is 9.95. The number of rotatable bonds is 7. The Bertz CT molecular complexity index is 771. The zero-order chi connectivity index (χ0) is 19.9. The Balaban J connectivity index is 1.41. The molecule has 150 valence electrons. The maximum Gasteiger partial charge on any atom is 0.224 e. The van der Waals surface area contributed by atoms with Gasteiger partial charge in [0.05, 0.1) is 12.5 Å². The summed E-state index contributed by atoms with van der Waals surface area (Å²) in [6.45, 7) is 7.50. The molecular weight excluding hydrogens is 355 g/mol. The molecule has 2 aromatic rings. The third-order valence-electron chi connectivity index (χ3n) is 5.06. The number of amides is 1. The first-order chi connectivity index (χ1) is 13.5. The molecule has 3 rings (SSSR count). The van der Waals surface area contributed by atoms with Gasteiger partial charge < -0.3 is 10.1 Å². The van der Waals surface area contributed by atoms with Crippen LogP contribution in [0.25, 0.3) is 0 Å². The third kappa shape index (κ3) is 6.06. The number of nitrogens with one attached hydrogen (secondary N) is 1. The number of likely N-dealkylation sites (tertiary alicyclic amines) is 1. The lowest BCUT2D eigenvalue weighted by Crippen LogP contribution is -2.43. The maximum atomic E-state index is 13.1. The number of nitrogens with zero attached hydrogens (tertiary/aromatic N) is 1. The largest absolute Gasteiger partial charge is 0.492 e. The molecule has 0 bridgehead atoms. The van der Waals surface area contributed by atoms with Crippen molar-refractivity contribution in [3.05, 3.63) is 65.0 Å². The second-order valence-corrected chi connectivity index (χ2v) is 7.66. The Morgan fingerprint density at radius 3 is 2.61 bits per heavy atom. The Morgan fingerprint density at radius 2 is 1.89 bits per heavy atom. The molecule has 5 heteroatoms. The lowest BCUT2D eigenvalue weighted by atomic mass is 9.96. The highest BCUT2D eigenvalue weighted by molar-refractivity contribution is 5.78. The molecule has 1 heterocycles. The van der Waals surface area contributed by atoms with E-state index < -0.39 is 0 Å². The van der Waals surface area contributed by atoms with Crippen molar-refractivity contribution in [2.75, 3.05) is 26.2 Å². The molecule has 2 aromatic carbocycles. The van der Waals surface area contributed by atoms with E-state index in [1.807, 2.05) is 38.1 Å². The van der Waals surface area contributed by atoms with Gasteiger partial charge >= 0.3 is 0 Å². The molecule has 1 aliphatic heterocycles. The van der Waals surface area contributed by atoms with E-state index in [-0.39, 0.29) is 17.6 Å². The van der Waals surface area contributed by atoms with Crippen molar-refractivity contribution in [1.82, 2.24) is 10.2 Å². The molecular formula is C23H29FN2O2. The highest BCUT2D eigenvalue weighted by Crippen LogP contribution is 2.19. The zero-order valence-corrected chi connectivity index (χ0v) is 16.7. The smallest absolute Gasteiger partial charge is 0.224 e. The van der Waals surface area contributed by atoms with Crippen LogP contribution in [0.4, 0.5) is 4.39 Å². The van der Waals surface area contributed by atoms with Gasteiger partial charge in [-0.2, -0.15) is 0 Å². The first kappa shape index (κ1) is 20.3. The fraction of sp³-hybridized carbons (Fsp3) is 0.435. The quantitative estimate of drug-likeness (QED) is 0.738. The molecule has 0 unspecified atom stereocenters. The Labute approximate surface area is 166 Å². The van der Waals surface area contributed by atoms with Crippen LogP contribution in [-0.4, -0.2) is 37.0 Å². The summed E-state index contributed by atoms with van der Waals surface area (Å²) in [5.74, 6) is 0.709. The van der Waals surface area contributed by atoms with Crippen LogP contribution in [0.15, 0.2) is 42.5 Å². The lowest BCUT2D eigenvalue weighted by molar-refractivity contribution is -0.126. The van der Waals surface area contributed by atoms with Crippen LogP contribution in [0.5, 0.6) is 5.75 Å². The molecule has 1 fully saturated rings. The van der Waals surface area contributed by atoms with Gasteiger partial charge in [-0.3, -0.25) is 9.69 Å². The van der Waals surface area contributed by atoms with Crippen molar-refractivity contribution >= 4 is 5.91 Å². The van der Waals surface area contributed by atoms with Gasteiger partial charge in [0.25, 0.3) is 0 Å². The van der Waals surface area contributed by atoms with Gasteiger partial charge in [0.1, 0.15) is 18.2 Å². The van der Waals surface area contributed by atoms with E-state index in [1.165, 1.54) is 23.3 Å². The SMILES string of the molecule is Cc1cc(C)cc(OCCNC(=O)[C@H]2CCCN(Cc3ccc(F)cc3)C2)c1. The molecule has 28 heavy (non-hydrogen) atoms. The summed E-state index contributed by atoms with van der Waals surface area (Å²) >= 11 is 0. The van der Waals surface area contributed by atoms with Crippen LogP contribution in [-0.2, 0) is 11.3 Å². The molecule has 0 aromatic heterocycles. The lowest BCUT2D eigenvalue weighted by Gasteiger charge is -2.32. The first-order valence-electron chi connectivity index (χ1n) is 9.95. The number of aryl methyl sites for hydroxylation is 2. The number of ether oxygens (including phenoxy) is 1. The molecule has 4 nitrogen and oxygen atoms in total. The molecule has 0 radical (unpaired) electrons. The zero-order valence-electron chi connectivity index (χ0n) is 16.7. The molecule has 1 N–H and O–H groups in total. The summed E-state index contributed by atoms with van der Waals surface area (Å²) < 4.78 is 18.8. The van der Waals surface area contributed by atoms with Crippen molar-refractivity contribution in [2.45, 2.75) is 33.2 Å². The number of benzene rings is 2. The summed E-state index contributed by atoms with van der Waals surface area (Å²) in [4.78, 5) is 14.8. The van der Waals surface area contributed by atoms with Gasteiger partial charge in [-0.25, -0.2) is 4.39 Å². The maximum absolute atomic E-state index is 13.1. The van der Waals surface area contributed by atoms with Crippen molar-refractivity contribution in [2.24, 2.45) is 5.92 Å². The van der Waals surface area contributed by atoms with Gasteiger partial charge in [0, 0.05) is 13.1 Å². The summed E-state index contributed by atoms with van der Waals surface area (Å²) in [6.07, 6.45) is 1.90. The fourth-order valence-electron chi connectivity index (χ4n) is 3.76. The monoisotopic (exact) mass is 384 g/mol. The van der Waals surface area contributed by atoms with E-state index in [2.05, 4.69) is 16.3 Å². The van der Waals surface area contributed by atoms with Crippen molar-refractivity contribution in [3.8, 4) is 5.75 Å². The van der Waals surface area contributed by atoms with E-state index in [4.69, 9.17) is 4.74 Å². The number of hydrogen-bond acceptors (Lipinski definition) is 3. The van der Waals surface area contributed by atoms with Crippen molar-refractivity contribution < 1.29 is 13.9 Å². The summed E-state index contributed by atoms with van der Waals surface area (Å²) in [5, 5.41) is 3.00. The molecule has 0 aliphatic carbocycles. The predicted molar refractivity (Wildman–Crippen MR) is 109 cm³/mol. The number of halogens is 1. The minimum absolute atomic E-state index is 0.00425. The summed E-state index contributed by atoms with van der Waals surface area (Å²) in [6, 6.07) is 12.7. The van der Waals surface area contributed by atoms with E-state index in [1.54, 1.807) is 0 Å². The topological polar surface area (TPSA) is 41.6 Å². The van der Waals surface area contributed by atoms with Crippen LogP contribution in [0, 0.1) is 25.6 Å². The average molecular weight is 384 g/mol. The van der Waals surface area contributed by atoms with Crippen LogP contribution in [0.1, 0.15) is 29.5 Å². The van der Waals surface area contributed by atoms with Crippen LogP contribution < -0.4 is 10.1 Å². The Morgan fingerprint density at radius 1 is 1.18 bits per heavy atom. The third-order valence-corrected chi connectivity index (χ3v) is 5.06. The molecule has 1 aliphatic rings. The molecule has 0 saturated carbocycles. The number of hydrogen-bond donors (Lipinski definition) is 1. The highest BCUT2D eigenvalue weighted by Gasteiger charge is 2.25. The Hall–Kier alpha value is -2.40. The van der Waals surface area contributed by atoms with Gasteiger partial charge in [-0.1, -0.05) is 18.2 Å². The molecule has 1 amide bonds. The van der Waals surface area contributed by atoms with Gasteiger partial charge in [0.15, 0.2) is 0 Å². The highest BCUT2D eigenvalue weighted by atomic mass is 19.1. The normalized spacial score (nSPS) is 17.3. The molecule has 1 atom stereocenters. The number of piperidine rings is 1. The van der Waals surface area contributed by atoms with Gasteiger partial charge in [-0.15, -0.1) is 0 Å². The van der Waals surface area contributed by atoms with Crippen LogP contribution in [0.2, 0.25) is 0 Å². The van der Waals surface area contributed by atoms with E-state index in [0.717, 1.165) is 43.8 Å². The van der Waals surface area contributed by atoms with Gasteiger partial charge in [-0.05, 0) is 74.2 Å². The molecule has 1 saturated heterocycles. The minimum atomic E-state index is -0.220. The van der Waals surface area contributed by atoms with Crippen molar-refractivity contribution in [1.29, 1.82) is 0 Å². The summed E-state index contributed by atoms with van der Waals surface area (Å²) in [7, 11) is 0. The van der Waals surface area contributed by atoms with Crippen molar-refractivity contribution in [3.63, 3.8) is 0 Å². The second-order valence-electron chi connectivity index (χ2n) is 7.66. The predicted octanol–water partition coefficient (Wildman–Crippen LogP) is 3.85. The summed E-state index contributed by atoms with van der Waals surface area (Å²) in [5.41, 5.74) is 3.41. The van der Waals surface area contributed by atoms with Gasteiger partial charge in [0.2, 0.25) is 5.91 Å². The number of carbonyl (C=O) groups excluding carboxylic acids is 1. The van der Waals surface area contributed by atoms with E-state index in [0.29, 0.717) is 13.2 Å². The average Bonchev–Trinajstić information content (AvgIpc) is 2.66. The van der Waals surface area contributed by atoms with Crippen LogP contribution >= 0.6 is 0 Å². The minimum Gasteiger partial charge on any atom is -0.492 e. The Kier molecular flexibility index (Phi) is 7.04. The van der Waals surface area contributed by atoms with Crippen LogP contribution in [0.3, 0.4) is 0 Å². The fourth-order valence-corrected chi connectivity index (χ4v) is 3.76. The second kappa shape index (κ2) is 9.69. The van der Waals surface area contributed by atoms with E-state index in [9.17, 15) is 9.18 Å². The van der Waals surface area contributed by atoms with E-state index >= 15 is 0 Å². The molecule has 0 spiro atoms. The standard InChI is InChI=1S/C23H29FN2O2/c1-17-12-18(2)14-22(13-17)28-11-9-25-23(27)20-4-3-10-26(16-20)15-19-5-7-21(24)8-6-19/h5-8,12-14,20H,3-4,9-11,15-16H2,1-2H3,(H,25,27)/t20-/m0/s1.